The molecule has 26 heavy (non-hydrogen) atoms. The minimum Gasteiger partial charge on any atom is -0.342 e. The Kier molecular flexibility index (Phi) is 4.52. The van der Waals surface area contributed by atoms with E-state index in [-0.39, 0.29) is 12.2 Å². The highest BCUT2D eigenvalue weighted by molar-refractivity contribution is 5.74. The van der Waals surface area contributed by atoms with Crippen LogP contribution in [0.15, 0.2) is 48.8 Å². The lowest BCUT2D eigenvalue weighted by atomic mass is 9.73. The van der Waals surface area contributed by atoms with E-state index < -0.39 is 23.6 Å². The van der Waals surface area contributed by atoms with Gasteiger partial charge < -0.3 is 10.7 Å². The molecule has 0 fully saturated rings. The number of rotatable bonds is 5. The lowest BCUT2D eigenvalue weighted by molar-refractivity contribution is -0.191. The topological polar surface area (TPSA) is 67.6 Å². The van der Waals surface area contributed by atoms with Crippen LogP contribution in [0.4, 0.5) is 13.2 Å². The molecule has 0 saturated carbocycles. The lowest BCUT2D eigenvalue weighted by Gasteiger charge is -2.38. The van der Waals surface area contributed by atoms with Crippen LogP contribution in [0.1, 0.15) is 31.7 Å². The van der Waals surface area contributed by atoms with Crippen molar-refractivity contribution >= 4 is 11.0 Å². The van der Waals surface area contributed by atoms with Gasteiger partial charge in [0.1, 0.15) is 11.4 Å². The van der Waals surface area contributed by atoms with Crippen LogP contribution in [0, 0.1) is 0 Å². The number of aromatic nitrogens is 3. The molecule has 3 N–H and O–H groups in total. The van der Waals surface area contributed by atoms with E-state index in [9.17, 15) is 13.2 Å². The van der Waals surface area contributed by atoms with Gasteiger partial charge in [0, 0.05) is 18.8 Å². The van der Waals surface area contributed by atoms with E-state index in [4.69, 9.17) is 5.73 Å². The van der Waals surface area contributed by atoms with Crippen molar-refractivity contribution in [3.05, 3.63) is 60.2 Å². The summed E-state index contributed by atoms with van der Waals surface area (Å²) < 4.78 is 41.7. The third-order valence-corrected chi connectivity index (χ3v) is 4.69. The number of nitrogens with one attached hydrogen (secondary N) is 1. The summed E-state index contributed by atoms with van der Waals surface area (Å²) in [6, 6.07) is 10.6. The van der Waals surface area contributed by atoms with Crippen molar-refractivity contribution < 1.29 is 13.2 Å². The number of fused-ring (bicyclic) bond motifs is 1. The number of pyridine rings is 1. The molecular weight excluding hydrogens is 341 g/mol. The highest BCUT2D eigenvalue weighted by Crippen LogP contribution is 2.41. The summed E-state index contributed by atoms with van der Waals surface area (Å²) in [5.41, 5.74) is 4.76. The number of hydrogen-bond acceptors (Lipinski definition) is 3. The molecule has 0 radical (unpaired) electrons. The molecule has 0 amide bonds. The quantitative estimate of drug-likeness (QED) is 0.717. The summed E-state index contributed by atoms with van der Waals surface area (Å²) in [7, 11) is 0. The van der Waals surface area contributed by atoms with Crippen molar-refractivity contribution in [3.8, 4) is 0 Å². The standard InChI is InChI=1S/C19H21F3N4/c1-17(2,13-6-5-9-24-11-13)12-18(23,19(20,21)22)10-16-25-14-7-3-4-8-15(14)26-16/h3-9,11H,10,12,23H2,1-2H3,(H,25,26). The van der Waals surface area contributed by atoms with Gasteiger partial charge in [0.15, 0.2) is 0 Å². The maximum atomic E-state index is 13.9. The Hall–Kier alpha value is -2.41. The minimum atomic E-state index is -4.58. The number of imidazole rings is 1. The van der Waals surface area contributed by atoms with Gasteiger partial charge in [0.05, 0.1) is 11.0 Å². The molecule has 0 bridgehead atoms. The summed E-state index contributed by atoms with van der Waals surface area (Å²) in [6.07, 6.45) is -2.11. The van der Waals surface area contributed by atoms with E-state index in [0.29, 0.717) is 16.6 Å². The summed E-state index contributed by atoms with van der Waals surface area (Å²) in [5.74, 6) is 0.230. The predicted octanol–water partition coefficient (Wildman–Crippen LogP) is 4.13. The highest BCUT2D eigenvalue weighted by Gasteiger charge is 2.54. The van der Waals surface area contributed by atoms with E-state index in [1.807, 2.05) is 0 Å². The van der Waals surface area contributed by atoms with Crippen molar-refractivity contribution in [2.24, 2.45) is 5.73 Å². The zero-order valence-electron chi connectivity index (χ0n) is 14.6. The van der Waals surface area contributed by atoms with Crippen molar-refractivity contribution in [1.29, 1.82) is 0 Å². The van der Waals surface area contributed by atoms with E-state index in [2.05, 4.69) is 15.0 Å². The largest absolute Gasteiger partial charge is 0.406 e. The molecule has 1 atom stereocenters. The smallest absolute Gasteiger partial charge is 0.342 e. The number of aromatic amines is 1. The molecule has 3 rings (SSSR count). The van der Waals surface area contributed by atoms with E-state index in [1.54, 1.807) is 62.6 Å². The van der Waals surface area contributed by atoms with Crippen LogP contribution < -0.4 is 5.73 Å². The first-order valence-electron chi connectivity index (χ1n) is 8.30. The number of nitrogens with two attached hydrogens (primary N) is 1. The SMILES string of the molecule is CC(C)(CC(N)(Cc1nc2ccccc2[nH]1)C(F)(F)F)c1cccnc1. The molecule has 2 heterocycles. The number of nitrogens with zero attached hydrogens (tertiary/aromatic N) is 2. The van der Waals surface area contributed by atoms with E-state index in [0.717, 1.165) is 0 Å². The highest BCUT2D eigenvalue weighted by atomic mass is 19.4. The number of benzene rings is 1. The molecule has 1 aromatic carbocycles. The predicted molar refractivity (Wildman–Crippen MR) is 94.7 cm³/mol. The summed E-state index contributed by atoms with van der Waals surface area (Å²) >= 11 is 0. The van der Waals surface area contributed by atoms with Gasteiger partial charge >= 0.3 is 6.18 Å². The van der Waals surface area contributed by atoms with Gasteiger partial charge in [-0.1, -0.05) is 32.0 Å². The number of alkyl halides is 3. The van der Waals surface area contributed by atoms with Crippen LogP contribution in [-0.2, 0) is 11.8 Å². The molecule has 0 saturated heterocycles. The van der Waals surface area contributed by atoms with Gasteiger partial charge in [-0.05, 0) is 35.6 Å². The van der Waals surface area contributed by atoms with Crippen LogP contribution in [0.2, 0.25) is 0 Å². The molecule has 0 aliphatic rings. The second-order valence-electron chi connectivity index (χ2n) is 7.33. The summed E-state index contributed by atoms with van der Waals surface area (Å²) in [5, 5.41) is 0. The van der Waals surface area contributed by atoms with Crippen molar-refractivity contribution in [1.82, 2.24) is 15.0 Å². The fraction of sp³-hybridized carbons (Fsp3) is 0.368. The van der Waals surface area contributed by atoms with Crippen LogP contribution in [0.5, 0.6) is 0 Å². The molecular formula is C19H21F3N4. The Morgan fingerprint density at radius 3 is 2.42 bits per heavy atom. The van der Waals surface area contributed by atoms with Crippen LogP contribution in [0.25, 0.3) is 11.0 Å². The monoisotopic (exact) mass is 362 g/mol. The number of para-hydroxylation sites is 2. The zero-order valence-corrected chi connectivity index (χ0v) is 14.6. The fourth-order valence-corrected chi connectivity index (χ4v) is 3.30. The van der Waals surface area contributed by atoms with Gasteiger partial charge in [-0.25, -0.2) is 4.98 Å². The second kappa shape index (κ2) is 6.39. The first-order chi connectivity index (χ1) is 12.1. The lowest BCUT2D eigenvalue weighted by Crippen LogP contribution is -2.58. The van der Waals surface area contributed by atoms with Crippen LogP contribution in [-0.4, -0.2) is 26.7 Å². The van der Waals surface area contributed by atoms with E-state index >= 15 is 0 Å². The molecule has 4 nitrogen and oxygen atoms in total. The third kappa shape index (κ3) is 3.58. The Morgan fingerprint density at radius 1 is 1.08 bits per heavy atom. The molecule has 0 aliphatic carbocycles. The number of hydrogen-bond donors (Lipinski definition) is 2. The second-order valence-corrected chi connectivity index (χ2v) is 7.33. The average Bonchev–Trinajstić information content (AvgIpc) is 2.96. The van der Waals surface area contributed by atoms with Gasteiger partial charge in [-0.15, -0.1) is 0 Å². The molecule has 1 unspecified atom stereocenters. The van der Waals surface area contributed by atoms with Crippen LogP contribution >= 0.6 is 0 Å². The molecule has 138 valence electrons. The Morgan fingerprint density at radius 2 is 1.81 bits per heavy atom. The van der Waals surface area contributed by atoms with Crippen molar-refractivity contribution in [3.63, 3.8) is 0 Å². The van der Waals surface area contributed by atoms with Gasteiger partial charge in [-0.3, -0.25) is 4.98 Å². The fourth-order valence-electron chi connectivity index (χ4n) is 3.30. The van der Waals surface area contributed by atoms with Crippen molar-refractivity contribution in [2.45, 2.75) is 43.8 Å². The first kappa shape index (κ1) is 18.4. The number of H-pyrrole nitrogens is 1. The summed E-state index contributed by atoms with van der Waals surface area (Å²) in [4.78, 5) is 11.2. The molecule has 3 aromatic rings. The molecule has 2 aromatic heterocycles. The molecule has 0 spiro atoms. The van der Waals surface area contributed by atoms with Gasteiger partial charge in [-0.2, -0.15) is 13.2 Å². The first-order valence-corrected chi connectivity index (χ1v) is 8.30. The molecule has 7 heteroatoms. The third-order valence-electron chi connectivity index (χ3n) is 4.69. The Labute approximate surface area is 149 Å². The van der Waals surface area contributed by atoms with Crippen LogP contribution in [0.3, 0.4) is 0 Å². The molecule has 0 aliphatic heterocycles. The van der Waals surface area contributed by atoms with Crippen molar-refractivity contribution in [2.75, 3.05) is 0 Å². The maximum absolute atomic E-state index is 13.9. The normalized spacial score (nSPS) is 15.2. The number of halogens is 3. The minimum absolute atomic E-state index is 0.230. The average molecular weight is 362 g/mol. The van der Waals surface area contributed by atoms with E-state index in [1.165, 1.54) is 0 Å². The summed E-state index contributed by atoms with van der Waals surface area (Å²) in [6.45, 7) is 3.49. The Bertz CT molecular complexity index is 853. The van der Waals surface area contributed by atoms with Gasteiger partial charge in [0.2, 0.25) is 0 Å². The van der Waals surface area contributed by atoms with Gasteiger partial charge in [0.25, 0.3) is 0 Å². The zero-order chi connectivity index (χ0) is 19.0. The maximum Gasteiger partial charge on any atom is 0.406 e. The Balaban J connectivity index is 1.93.